The fraction of sp³-hybridized carbons (Fsp3) is 0. The molecule has 2 aromatic rings. The molecule has 14 heavy (non-hydrogen) atoms. The number of nitrogens with zero attached hydrogens (tertiary/aromatic N) is 1. The van der Waals surface area contributed by atoms with Gasteiger partial charge in [-0.2, -0.15) is 4.57 Å². The summed E-state index contributed by atoms with van der Waals surface area (Å²) in [5, 5.41) is 2.07. The number of aromatic nitrogens is 1. The van der Waals surface area contributed by atoms with Crippen LogP contribution in [0.1, 0.15) is 0 Å². The van der Waals surface area contributed by atoms with E-state index in [0.29, 0.717) is 0 Å². The summed E-state index contributed by atoms with van der Waals surface area (Å²) < 4.78 is 2.00. The third-order valence-electron chi connectivity index (χ3n) is 1.88. The van der Waals surface area contributed by atoms with Crippen LogP contribution in [0, 0.1) is 0 Å². The molecule has 0 aromatic carbocycles. The van der Waals surface area contributed by atoms with Crippen LogP contribution in [0.4, 0.5) is 0 Å². The Balaban J connectivity index is 2.52. The van der Waals surface area contributed by atoms with Gasteiger partial charge in [-0.25, -0.2) is 0 Å². The summed E-state index contributed by atoms with van der Waals surface area (Å²) in [6.07, 6.45) is 3.81. The van der Waals surface area contributed by atoms with Crippen LogP contribution in [-0.4, -0.2) is 0 Å². The Labute approximate surface area is 91.9 Å². The largest absolute Gasteiger partial charge is 0.227 e. The molecule has 0 aliphatic rings. The predicted octanol–water partition coefficient (Wildman–Crippen LogP) is 3.37. The summed E-state index contributed by atoms with van der Waals surface area (Å²) in [4.78, 5) is 1.24. The zero-order chi connectivity index (χ0) is 9.80. The molecule has 0 spiro atoms. The zero-order valence-electron chi connectivity index (χ0n) is 7.43. The molecule has 0 radical (unpaired) electrons. The van der Waals surface area contributed by atoms with Crippen molar-refractivity contribution < 1.29 is 4.57 Å². The highest BCUT2D eigenvalue weighted by Gasteiger charge is 2.09. The van der Waals surface area contributed by atoms with Crippen molar-refractivity contribution in [2.45, 2.75) is 0 Å². The van der Waals surface area contributed by atoms with E-state index in [4.69, 9.17) is 11.6 Å². The van der Waals surface area contributed by atoms with Crippen molar-refractivity contribution in [1.29, 1.82) is 0 Å². The molecule has 0 saturated carbocycles. The van der Waals surface area contributed by atoms with Gasteiger partial charge in [0, 0.05) is 12.1 Å². The maximum absolute atomic E-state index is 5.57. The van der Waals surface area contributed by atoms with E-state index in [9.17, 15) is 0 Å². The van der Waals surface area contributed by atoms with Gasteiger partial charge in [-0.3, -0.25) is 0 Å². The molecule has 0 aliphatic carbocycles. The highest BCUT2D eigenvalue weighted by Crippen LogP contribution is 2.20. The number of rotatable bonds is 2. The molecule has 2 heterocycles. The number of pyridine rings is 1. The van der Waals surface area contributed by atoms with Crippen LogP contribution in [-0.2, 0) is 0 Å². The zero-order valence-corrected chi connectivity index (χ0v) is 9.00. The third-order valence-corrected chi connectivity index (χ3v) is 2.89. The van der Waals surface area contributed by atoms with Gasteiger partial charge in [0.15, 0.2) is 12.4 Å². The minimum Gasteiger partial charge on any atom is -0.165 e. The Kier molecular flexibility index (Phi) is 2.96. The van der Waals surface area contributed by atoms with Crippen LogP contribution in [0.5, 0.6) is 0 Å². The summed E-state index contributed by atoms with van der Waals surface area (Å²) in [6.45, 7) is 0. The van der Waals surface area contributed by atoms with Crippen molar-refractivity contribution in [3.05, 3.63) is 47.4 Å². The molecule has 1 nitrogen and oxygen atoms in total. The van der Waals surface area contributed by atoms with Gasteiger partial charge in [-0.15, -0.1) is 11.3 Å². The normalized spacial score (nSPS) is 10.9. The van der Waals surface area contributed by atoms with Gasteiger partial charge in [0.2, 0.25) is 5.69 Å². The molecule has 0 atom stereocenters. The van der Waals surface area contributed by atoms with Gasteiger partial charge in [0.25, 0.3) is 0 Å². The van der Waals surface area contributed by atoms with Crippen molar-refractivity contribution in [2.24, 2.45) is 0 Å². The predicted molar refractivity (Wildman–Crippen MR) is 61.1 cm³/mol. The van der Waals surface area contributed by atoms with Crippen LogP contribution in [0.15, 0.2) is 47.4 Å². The second-order valence-electron chi connectivity index (χ2n) is 2.75. The summed E-state index contributed by atoms with van der Waals surface area (Å²) in [5.74, 6) is 0. The van der Waals surface area contributed by atoms with E-state index in [2.05, 4.69) is 17.5 Å². The van der Waals surface area contributed by atoms with E-state index in [0.717, 1.165) is 5.69 Å². The van der Waals surface area contributed by atoms with E-state index in [-0.39, 0.29) is 0 Å². The smallest absolute Gasteiger partial charge is 0.165 e. The van der Waals surface area contributed by atoms with Gasteiger partial charge in [0.1, 0.15) is 0 Å². The number of hydrogen-bond acceptors (Lipinski definition) is 1. The maximum Gasteiger partial charge on any atom is 0.227 e. The van der Waals surface area contributed by atoms with Gasteiger partial charge >= 0.3 is 0 Å². The Bertz CT molecular complexity index is 434. The SMILES string of the molecule is Cl/C=C\[n+]1ccccc1-c1cccs1. The lowest BCUT2D eigenvalue weighted by Gasteiger charge is -1.94. The van der Waals surface area contributed by atoms with Crippen molar-refractivity contribution in [3.63, 3.8) is 0 Å². The summed E-state index contributed by atoms with van der Waals surface area (Å²) in [5.41, 5.74) is 2.66. The first-order chi connectivity index (χ1) is 6.92. The fourth-order valence-corrected chi connectivity index (χ4v) is 2.16. The molecule has 2 aromatic heterocycles. The van der Waals surface area contributed by atoms with E-state index in [1.807, 2.05) is 35.2 Å². The van der Waals surface area contributed by atoms with Crippen LogP contribution >= 0.6 is 22.9 Å². The van der Waals surface area contributed by atoms with Gasteiger partial charge in [-0.1, -0.05) is 17.7 Å². The molecule has 0 amide bonds. The highest BCUT2D eigenvalue weighted by atomic mass is 35.5. The molecule has 0 aliphatic heterocycles. The number of thiophene rings is 1. The van der Waals surface area contributed by atoms with E-state index in [1.165, 1.54) is 10.4 Å². The van der Waals surface area contributed by atoms with Crippen LogP contribution in [0.2, 0.25) is 0 Å². The third kappa shape index (κ3) is 1.86. The lowest BCUT2D eigenvalue weighted by atomic mass is 10.3. The summed E-state index contributed by atoms with van der Waals surface area (Å²) in [6, 6.07) is 10.2. The quantitative estimate of drug-likeness (QED) is 0.686. The first-order valence-electron chi connectivity index (χ1n) is 4.23. The first kappa shape index (κ1) is 9.44. The molecule has 0 bridgehead atoms. The first-order valence-corrected chi connectivity index (χ1v) is 5.54. The van der Waals surface area contributed by atoms with Crippen molar-refractivity contribution >= 4 is 29.1 Å². The lowest BCUT2D eigenvalue weighted by molar-refractivity contribution is -0.555. The molecule has 0 unspecified atom stereocenters. The molecule has 70 valence electrons. The Morgan fingerprint density at radius 1 is 1.21 bits per heavy atom. The summed E-state index contributed by atoms with van der Waals surface area (Å²) >= 11 is 7.29. The monoisotopic (exact) mass is 222 g/mol. The van der Waals surface area contributed by atoms with E-state index >= 15 is 0 Å². The second-order valence-corrected chi connectivity index (χ2v) is 3.95. The lowest BCUT2D eigenvalue weighted by Crippen LogP contribution is -2.27. The molecule has 2 rings (SSSR count). The van der Waals surface area contributed by atoms with Crippen molar-refractivity contribution in [2.75, 3.05) is 0 Å². The average molecular weight is 223 g/mol. The number of halogens is 1. The van der Waals surface area contributed by atoms with Crippen molar-refractivity contribution in [1.82, 2.24) is 0 Å². The van der Waals surface area contributed by atoms with E-state index in [1.54, 1.807) is 11.3 Å². The van der Waals surface area contributed by atoms with Crippen LogP contribution in [0.25, 0.3) is 16.8 Å². The van der Waals surface area contributed by atoms with Gasteiger partial charge in [-0.05, 0) is 17.5 Å². The summed E-state index contributed by atoms with van der Waals surface area (Å²) in [7, 11) is 0. The standard InChI is InChI=1S/C11H9ClNS/c12-6-8-13-7-2-1-4-10(13)11-5-3-9-14-11/h1-9H/q+1/b8-6-. The minimum absolute atomic E-state index is 1.15. The van der Waals surface area contributed by atoms with Gasteiger partial charge in [0.05, 0.1) is 10.4 Å². The average Bonchev–Trinajstić information content (AvgIpc) is 2.72. The Morgan fingerprint density at radius 2 is 2.14 bits per heavy atom. The highest BCUT2D eigenvalue weighted by molar-refractivity contribution is 7.13. The topological polar surface area (TPSA) is 3.88 Å². The minimum atomic E-state index is 1.15. The molecule has 0 N–H and O–H groups in total. The van der Waals surface area contributed by atoms with Gasteiger partial charge < -0.3 is 0 Å². The molecular weight excluding hydrogens is 214 g/mol. The molecule has 0 fully saturated rings. The Morgan fingerprint density at radius 3 is 2.86 bits per heavy atom. The fourth-order valence-electron chi connectivity index (χ4n) is 1.28. The van der Waals surface area contributed by atoms with Crippen LogP contribution < -0.4 is 4.57 Å². The molecular formula is C11H9ClNS+. The Hall–Kier alpha value is -1.12. The van der Waals surface area contributed by atoms with Crippen molar-refractivity contribution in [3.8, 4) is 10.6 Å². The maximum atomic E-state index is 5.57. The number of hydrogen-bond donors (Lipinski definition) is 0. The molecule has 0 saturated heterocycles. The second kappa shape index (κ2) is 4.40. The van der Waals surface area contributed by atoms with E-state index < -0.39 is 0 Å². The van der Waals surface area contributed by atoms with Crippen LogP contribution in [0.3, 0.4) is 0 Å². The molecule has 3 heteroatoms.